The Labute approximate surface area is 174 Å². The van der Waals surface area contributed by atoms with Gasteiger partial charge in [-0.25, -0.2) is 4.98 Å². The molecule has 1 aliphatic carbocycles. The van der Waals surface area contributed by atoms with E-state index in [1.54, 1.807) is 12.1 Å². The average molecular weight is 411 g/mol. The summed E-state index contributed by atoms with van der Waals surface area (Å²) in [6.45, 7) is 3.86. The van der Waals surface area contributed by atoms with Crippen LogP contribution in [0.5, 0.6) is 0 Å². The molecule has 3 aromatic rings. The Bertz CT molecular complexity index is 1030. The van der Waals surface area contributed by atoms with Crippen molar-refractivity contribution in [1.29, 1.82) is 0 Å². The lowest BCUT2D eigenvalue weighted by Gasteiger charge is -2.24. The zero-order chi connectivity index (χ0) is 20.4. The predicted molar refractivity (Wildman–Crippen MR) is 111 cm³/mol. The van der Waals surface area contributed by atoms with Crippen molar-refractivity contribution in [3.05, 3.63) is 65.0 Å². The first kappa shape index (κ1) is 19.6. The maximum Gasteiger partial charge on any atom is 0.270 e. The van der Waals surface area contributed by atoms with Crippen LogP contribution >= 0.6 is 11.6 Å². The number of hydrogen-bond donors (Lipinski definition) is 1. The lowest BCUT2D eigenvalue weighted by molar-refractivity contribution is 0.0905. The fourth-order valence-corrected chi connectivity index (χ4v) is 3.51. The quantitative estimate of drug-likeness (QED) is 0.631. The normalized spacial score (nSPS) is 14.4. The fraction of sp³-hybridized carbons (Fsp3) is 0.364. The minimum Gasteiger partial charge on any atom is -0.425 e. The number of amides is 1. The summed E-state index contributed by atoms with van der Waals surface area (Å²) < 4.78 is 5.80. The zero-order valence-corrected chi connectivity index (χ0v) is 17.2. The van der Waals surface area contributed by atoms with E-state index >= 15 is 0 Å². The van der Waals surface area contributed by atoms with Crippen LogP contribution in [-0.4, -0.2) is 26.6 Å². The molecule has 1 fully saturated rings. The molecule has 1 saturated carbocycles. The Morgan fingerprint density at radius 1 is 1.21 bits per heavy atom. The molecular weight excluding hydrogens is 388 g/mol. The minimum atomic E-state index is -0.561. The lowest BCUT2D eigenvalue weighted by Crippen LogP contribution is -2.45. The van der Waals surface area contributed by atoms with Crippen molar-refractivity contribution in [2.24, 2.45) is 0 Å². The van der Waals surface area contributed by atoms with E-state index in [4.69, 9.17) is 16.0 Å². The van der Waals surface area contributed by atoms with Crippen molar-refractivity contribution >= 4 is 17.5 Å². The smallest absolute Gasteiger partial charge is 0.270 e. The second-order valence-corrected chi connectivity index (χ2v) is 8.53. The molecule has 0 unspecified atom stereocenters. The van der Waals surface area contributed by atoms with Crippen LogP contribution in [0.2, 0.25) is 5.02 Å². The highest BCUT2D eigenvalue weighted by atomic mass is 35.5. The molecule has 0 radical (unpaired) electrons. The molecule has 6 nitrogen and oxygen atoms in total. The van der Waals surface area contributed by atoms with Gasteiger partial charge in [0.05, 0.1) is 5.69 Å². The van der Waals surface area contributed by atoms with Crippen molar-refractivity contribution in [2.45, 2.75) is 51.0 Å². The first-order valence-electron chi connectivity index (χ1n) is 9.77. The van der Waals surface area contributed by atoms with Crippen LogP contribution in [0, 0.1) is 0 Å². The van der Waals surface area contributed by atoms with Gasteiger partial charge in [0.15, 0.2) is 0 Å². The second kappa shape index (κ2) is 7.95. The predicted octanol–water partition coefficient (Wildman–Crippen LogP) is 4.80. The maximum absolute atomic E-state index is 12.8. The van der Waals surface area contributed by atoms with Gasteiger partial charge in [-0.15, -0.1) is 10.2 Å². The number of hydrogen-bond acceptors (Lipinski definition) is 5. The van der Waals surface area contributed by atoms with Crippen LogP contribution in [0.3, 0.4) is 0 Å². The number of pyridine rings is 1. The third kappa shape index (κ3) is 4.65. The molecular formula is C22H23ClN4O2. The van der Waals surface area contributed by atoms with E-state index in [1.165, 1.54) is 6.42 Å². The second-order valence-electron chi connectivity index (χ2n) is 8.10. The third-order valence-corrected chi connectivity index (χ3v) is 5.32. The molecule has 0 spiro atoms. The topological polar surface area (TPSA) is 80.9 Å². The van der Waals surface area contributed by atoms with Gasteiger partial charge in [0.1, 0.15) is 5.69 Å². The van der Waals surface area contributed by atoms with Gasteiger partial charge in [-0.2, -0.15) is 0 Å². The number of aromatic nitrogens is 3. The zero-order valence-electron chi connectivity index (χ0n) is 16.5. The van der Waals surface area contributed by atoms with E-state index in [0.29, 0.717) is 40.5 Å². The van der Waals surface area contributed by atoms with Gasteiger partial charge < -0.3 is 9.73 Å². The van der Waals surface area contributed by atoms with Crippen LogP contribution in [0.15, 0.2) is 46.9 Å². The monoisotopic (exact) mass is 410 g/mol. The van der Waals surface area contributed by atoms with E-state index in [-0.39, 0.29) is 5.91 Å². The van der Waals surface area contributed by atoms with Crippen LogP contribution in [0.1, 0.15) is 61.3 Å². The molecule has 0 bridgehead atoms. The summed E-state index contributed by atoms with van der Waals surface area (Å²) >= 11 is 6.07. The molecule has 2 heterocycles. The molecule has 150 valence electrons. The molecule has 0 saturated heterocycles. The van der Waals surface area contributed by atoms with E-state index < -0.39 is 5.54 Å². The van der Waals surface area contributed by atoms with Crippen molar-refractivity contribution in [2.75, 3.05) is 0 Å². The number of halogens is 1. The Balaban J connectivity index is 1.45. The molecule has 29 heavy (non-hydrogen) atoms. The molecule has 0 atom stereocenters. The Kier molecular flexibility index (Phi) is 5.37. The minimum absolute atomic E-state index is 0.252. The summed E-state index contributed by atoms with van der Waals surface area (Å²) in [5, 5.41) is 12.0. The van der Waals surface area contributed by atoms with Crippen molar-refractivity contribution in [3.63, 3.8) is 0 Å². The van der Waals surface area contributed by atoms with Gasteiger partial charge >= 0.3 is 0 Å². The van der Waals surface area contributed by atoms with Gasteiger partial charge in [0.25, 0.3) is 5.91 Å². The van der Waals surface area contributed by atoms with Crippen LogP contribution in [0.4, 0.5) is 0 Å². The summed E-state index contributed by atoms with van der Waals surface area (Å²) in [5.41, 5.74) is 1.34. The number of carbonyl (C=O) groups is 1. The highest BCUT2D eigenvalue weighted by molar-refractivity contribution is 6.30. The molecule has 4 rings (SSSR count). The first-order chi connectivity index (χ1) is 13.9. The van der Waals surface area contributed by atoms with Gasteiger partial charge in [-0.05, 0) is 51.0 Å². The van der Waals surface area contributed by atoms with E-state index in [1.807, 2.05) is 44.2 Å². The van der Waals surface area contributed by atoms with Gasteiger partial charge in [-0.1, -0.05) is 36.2 Å². The number of benzene rings is 1. The van der Waals surface area contributed by atoms with Crippen LogP contribution in [-0.2, 0) is 6.42 Å². The van der Waals surface area contributed by atoms with Crippen molar-refractivity contribution in [1.82, 2.24) is 20.5 Å². The highest BCUT2D eigenvalue weighted by Gasteiger charge is 2.28. The molecule has 1 amide bonds. The largest absolute Gasteiger partial charge is 0.425 e. The summed E-state index contributed by atoms with van der Waals surface area (Å²) in [4.78, 5) is 17.3. The lowest BCUT2D eigenvalue weighted by atomic mass is 9.85. The van der Waals surface area contributed by atoms with Gasteiger partial charge in [0.2, 0.25) is 11.8 Å². The summed E-state index contributed by atoms with van der Waals surface area (Å²) in [6, 6.07) is 12.8. The molecule has 1 aromatic carbocycles. The number of nitrogens with one attached hydrogen (secondary N) is 1. The standard InChI is InChI=1S/C22H23ClN4O2/c1-22(2,13-19-26-27-21(29-19)14-6-3-7-14)25-20(28)18-11-5-10-17(24-18)15-8-4-9-16(23)12-15/h4-5,8-12,14H,3,6-7,13H2,1-2H3,(H,25,28). The molecule has 2 aromatic heterocycles. The molecule has 1 N–H and O–H groups in total. The van der Waals surface area contributed by atoms with Crippen molar-refractivity contribution < 1.29 is 9.21 Å². The summed E-state index contributed by atoms with van der Waals surface area (Å²) in [6.07, 6.45) is 3.88. The number of rotatable bonds is 6. The Morgan fingerprint density at radius 3 is 2.72 bits per heavy atom. The van der Waals surface area contributed by atoms with E-state index in [9.17, 15) is 4.79 Å². The van der Waals surface area contributed by atoms with Gasteiger partial charge in [-0.3, -0.25) is 4.79 Å². The average Bonchev–Trinajstić information content (AvgIpc) is 3.06. The Hall–Kier alpha value is -2.73. The number of carbonyl (C=O) groups excluding carboxylic acids is 1. The van der Waals surface area contributed by atoms with E-state index in [2.05, 4.69) is 20.5 Å². The first-order valence-corrected chi connectivity index (χ1v) is 10.2. The number of nitrogens with zero attached hydrogens (tertiary/aromatic N) is 3. The highest BCUT2D eigenvalue weighted by Crippen LogP contribution is 2.35. The third-order valence-electron chi connectivity index (χ3n) is 5.08. The fourth-order valence-electron chi connectivity index (χ4n) is 3.32. The molecule has 0 aliphatic heterocycles. The van der Waals surface area contributed by atoms with Crippen LogP contribution in [0.25, 0.3) is 11.3 Å². The Morgan fingerprint density at radius 2 is 2.00 bits per heavy atom. The summed E-state index contributed by atoms with van der Waals surface area (Å²) in [7, 11) is 0. The SMILES string of the molecule is CC(C)(Cc1nnc(C2CCC2)o1)NC(=O)c1cccc(-c2cccc(Cl)c2)n1. The van der Waals surface area contributed by atoms with Crippen molar-refractivity contribution in [3.8, 4) is 11.3 Å². The van der Waals surface area contributed by atoms with E-state index in [0.717, 1.165) is 18.4 Å². The maximum atomic E-state index is 12.8. The molecule has 7 heteroatoms. The van der Waals surface area contributed by atoms with Crippen LogP contribution < -0.4 is 5.32 Å². The van der Waals surface area contributed by atoms with Gasteiger partial charge in [0, 0.05) is 28.5 Å². The summed E-state index contributed by atoms with van der Waals surface area (Å²) in [5.74, 6) is 1.40. The molecule has 1 aliphatic rings.